The van der Waals surface area contributed by atoms with Gasteiger partial charge in [0.05, 0.1) is 0 Å². The predicted octanol–water partition coefficient (Wildman–Crippen LogP) is 2.49. The fourth-order valence-electron chi connectivity index (χ4n) is 2.26. The first kappa shape index (κ1) is 10.2. The third-order valence-corrected chi connectivity index (χ3v) is 3.06. The number of nitrogens with zero attached hydrogens (tertiary/aromatic N) is 3. The maximum absolute atomic E-state index is 9.07. The number of hydrogen-bond donors (Lipinski definition) is 1. The lowest BCUT2D eigenvalue weighted by atomic mass is 9.99. The molecule has 0 radical (unpaired) electrons. The van der Waals surface area contributed by atoms with E-state index < -0.39 is 0 Å². The summed E-state index contributed by atoms with van der Waals surface area (Å²) < 4.78 is 1.68. The molecule has 4 nitrogen and oxygen atoms in total. The first-order chi connectivity index (χ1) is 7.42. The number of oxime groups is 1. The van der Waals surface area contributed by atoms with Crippen LogP contribution in [0.1, 0.15) is 38.5 Å². The van der Waals surface area contributed by atoms with Crippen molar-refractivity contribution in [2.75, 3.05) is 0 Å². The van der Waals surface area contributed by atoms with Gasteiger partial charge < -0.3 is 5.21 Å². The van der Waals surface area contributed by atoms with E-state index >= 15 is 0 Å². The molecule has 1 aromatic rings. The summed E-state index contributed by atoms with van der Waals surface area (Å²) in [6.45, 7) is 0. The van der Waals surface area contributed by atoms with Crippen molar-refractivity contribution in [1.82, 2.24) is 9.78 Å². The minimum absolute atomic E-state index is 0.359. The molecule has 1 fully saturated rings. The summed E-state index contributed by atoms with van der Waals surface area (Å²) in [6.07, 6.45) is 10.8. The third-order valence-electron chi connectivity index (χ3n) is 3.06. The van der Waals surface area contributed by atoms with E-state index in [4.69, 9.17) is 5.21 Å². The van der Waals surface area contributed by atoms with Gasteiger partial charge in [0, 0.05) is 18.3 Å². The van der Waals surface area contributed by atoms with Crippen LogP contribution in [0, 0.1) is 5.92 Å². The molecule has 15 heavy (non-hydrogen) atoms. The van der Waals surface area contributed by atoms with Crippen LogP contribution in [0.2, 0.25) is 0 Å². The van der Waals surface area contributed by atoms with Crippen molar-refractivity contribution in [2.24, 2.45) is 11.1 Å². The summed E-state index contributed by atoms with van der Waals surface area (Å²) in [4.78, 5) is 0. The molecule has 0 unspecified atom stereocenters. The maximum atomic E-state index is 9.07. The van der Waals surface area contributed by atoms with Gasteiger partial charge in [-0.05, 0) is 18.9 Å². The Morgan fingerprint density at radius 2 is 2.00 bits per heavy atom. The smallest absolute Gasteiger partial charge is 0.171 e. The minimum Gasteiger partial charge on any atom is -0.409 e. The highest BCUT2D eigenvalue weighted by Gasteiger charge is 2.20. The second kappa shape index (κ2) is 4.96. The van der Waals surface area contributed by atoms with E-state index in [1.54, 1.807) is 10.9 Å². The molecule has 1 N–H and O–H groups in total. The molecular weight excluding hydrogens is 190 g/mol. The highest BCUT2D eigenvalue weighted by molar-refractivity contribution is 5.85. The van der Waals surface area contributed by atoms with Crippen LogP contribution in [0.15, 0.2) is 23.6 Å². The maximum Gasteiger partial charge on any atom is 0.171 e. The lowest BCUT2D eigenvalue weighted by Gasteiger charge is -2.15. The molecule has 4 heteroatoms. The molecule has 0 spiro atoms. The van der Waals surface area contributed by atoms with Gasteiger partial charge in [-0.25, -0.2) is 4.68 Å². The monoisotopic (exact) mass is 207 g/mol. The van der Waals surface area contributed by atoms with Gasteiger partial charge in [-0.3, -0.25) is 0 Å². The van der Waals surface area contributed by atoms with Gasteiger partial charge in [-0.2, -0.15) is 5.10 Å². The normalized spacial score (nSPS) is 20.1. The topological polar surface area (TPSA) is 50.4 Å². The molecule has 0 saturated heterocycles. The minimum atomic E-state index is 0.359. The van der Waals surface area contributed by atoms with Gasteiger partial charge in [0.25, 0.3) is 0 Å². The fourth-order valence-corrected chi connectivity index (χ4v) is 2.26. The van der Waals surface area contributed by atoms with Crippen molar-refractivity contribution in [2.45, 2.75) is 38.5 Å². The van der Waals surface area contributed by atoms with Crippen LogP contribution >= 0.6 is 0 Å². The van der Waals surface area contributed by atoms with Crippen molar-refractivity contribution in [1.29, 1.82) is 0 Å². The summed E-state index contributed by atoms with van der Waals surface area (Å²) in [6, 6.07) is 1.85. The van der Waals surface area contributed by atoms with Gasteiger partial charge in [0.15, 0.2) is 5.84 Å². The standard InChI is InChI=1S/C11H17N3O/c15-13-11(14-9-5-8-12-14)10-6-3-1-2-4-7-10/h5,8-10,15H,1-4,6-7H2/b13-11-. The van der Waals surface area contributed by atoms with Crippen LogP contribution in [-0.4, -0.2) is 20.8 Å². The van der Waals surface area contributed by atoms with E-state index in [-0.39, 0.29) is 0 Å². The summed E-state index contributed by atoms with van der Waals surface area (Å²) in [5.74, 6) is 1.05. The van der Waals surface area contributed by atoms with E-state index in [0.29, 0.717) is 11.8 Å². The quantitative estimate of drug-likeness (QED) is 0.253. The van der Waals surface area contributed by atoms with Crippen LogP contribution in [-0.2, 0) is 0 Å². The molecule has 1 aromatic heterocycles. The average Bonchev–Trinajstić information content (AvgIpc) is 2.63. The number of hydrogen-bond acceptors (Lipinski definition) is 3. The fraction of sp³-hybridized carbons (Fsp3) is 0.636. The SMILES string of the molecule is O/N=C(/C1CCCCCC1)n1cccn1. The van der Waals surface area contributed by atoms with Crippen molar-refractivity contribution >= 4 is 5.84 Å². The zero-order valence-corrected chi connectivity index (χ0v) is 8.84. The second-order valence-corrected chi connectivity index (χ2v) is 4.10. The Balaban J connectivity index is 2.12. The third kappa shape index (κ3) is 2.37. The number of aromatic nitrogens is 2. The lowest BCUT2D eigenvalue weighted by molar-refractivity contribution is 0.309. The zero-order valence-electron chi connectivity index (χ0n) is 8.84. The van der Waals surface area contributed by atoms with E-state index in [2.05, 4.69) is 10.3 Å². The van der Waals surface area contributed by atoms with Crippen molar-refractivity contribution < 1.29 is 5.21 Å². The van der Waals surface area contributed by atoms with Crippen molar-refractivity contribution in [3.8, 4) is 0 Å². The summed E-state index contributed by atoms with van der Waals surface area (Å²) in [5.41, 5.74) is 0. The molecule has 1 aliphatic rings. The van der Waals surface area contributed by atoms with Crippen molar-refractivity contribution in [3.63, 3.8) is 0 Å². The zero-order chi connectivity index (χ0) is 10.5. The largest absolute Gasteiger partial charge is 0.409 e. The Morgan fingerprint density at radius 1 is 1.27 bits per heavy atom. The highest BCUT2D eigenvalue weighted by Crippen LogP contribution is 2.24. The Kier molecular flexibility index (Phi) is 3.37. The summed E-state index contributed by atoms with van der Waals surface area (Å²) in [7, 11) is 0. The first-order valence-electron chi connectivity index (χ1n) is 5.64. The molecule has 0 amide bonds. The Bertz CT molecular complexity index is 311. The van der Waals surface area contributed by atoms with E-state index in [9.17, 15) is 0 Å². The molecule has 1 heterocycles. The van der Waals surface area contributed by atoms with Gasteiger partial charge in [0.1, 0.15) is 0 Å². The summed E-state index contributed by atoms with van der Waals surface area (Å²) in [5, 5.41) is 16.6. The molecule has 1 aliphatic carbocycles. The Morgan fingerprint density at radius 3 is 2.53 bits per heavy atom. The molecule has 2 rings (SSSR count). The number of rotatable bonds is 1. The lowest BCUT2D eigenvalue weighted by Crippen LogP contribution is -2.23. The van der Waals surface area contributed by atoms with E-state index in [1.165, 1.54) is 25.7 Å². The Hall–Kier alpha value is -1.32. The molecule has 0 bridgehead atoms. The molecule has 82 valence electrons. The van der Waals surface area contributed by atoms with E-state index in [1.807, 2.05) is 12.3 Å². The summed E-state index contributed by atoms with van der Waals surface area (Å²) >= 11 is 0. The highest BCUT2D eigenvalue weighted by atomic mass is 16.4. The predicted molar refractivity (Wildman–Crippen MR) is 58.0 cm³/mol. The average molecular weight is 207 g/mol. The molecule has 1 saturated carbocycles. The molecule has 0 aliphatic heterocycles. The van der Waals surface area contributed by atoms with Crippen LogP contribution < -0.4 is 0 Å². The second-order valence-electron chi connectivity index (χ2n) is 4.10. The van der Waals surface area contributed by atoms with Crippen molar-refractivity contribution in [3.05, 3.63) is 18.5 Å². The van der Waals surface area contributed by atoms with Crippen LogP contribution in [0.5, 0.6) is 0 Å². The first-order valence-corrected chi connectivity index (χ1v) is 5.64. The van der Waals surface area contributed by atoms with Gasteiger partial charge >= 0.3 is 0 Å². The van der Waals surface area contributed by atoms with Gasteiger partial charge in [-0.1, -0.05) is 30.8 Å². The van der Waals surface area contributed by atoms with Crippen LogP contribution in [0.4, 0.5) is 0 Å². The van der Waals surface area contributed by atoms with Gasteiger partial charge in [0.2, 0.25) is 0 Å². The molecule has 0 aromatic carbocycles. The molecular formula is C11H17N3O. The molecule has 0 atom stereocenters. The Labute approximate surface area is 89.6 Å². The van der Waals surface area contributed by atoms with E-state index in [0.717, 1.165) is 12.8 Å². The van der Waals surface area contributed by atoms with Gasteiger partial charge in [-0.15, -0.1) is 0 Å². The van der Waals surface area contributed by atoms with Crippen LogP contribution in [0.3, 0.4) is 0 Å². The van der Waals surface area contributed by atoms with Crippen LogP contribution in [0.25, 0.3) is 0 Å².